The second-order valence-corrected chi connectivity index (χ2v) is 5.02. The number of nitrogens with two attached hydrogens (primary N) is 1. The van der Waals surface area contributed by atoms with Crippen molar-refractivity contribution in [1.29, 1.82) is 0 Å². The lowest BCUT2D eigenvalue weighted by atomic mass is 9.94. The molecule has 100 valence electrons. The van der Waals surface area contributed by atoms with E-state index in [1.807, 2.05) is 27.8 Å². The van der Waals surface area contributed by atoms with Crippen LogP contribution in [0.4, 0.5) is 0 Å². The molecule has 0 bridgehead atoms. The molecule has 1 aliphatic heterocycles. The van der Waals surface area contributed by atoms with Gasteiger partial charge in [0.1, 0.15) is 5.69 Å². The molecule has 0 radical (unpaired) electrons. The number of nitrogens with zero attached hydrogens (tertiary/aromatic N) is 2. The van der Waals surface area contributed by atoms with Crippen LogP contribution in [0.25, 0.3) is 0 Å². The number of likely N-dealkylation sites (tertiary alicyclic amines) is 1. The van der Waals surface area contributed by atoms with E-state index < -0.39 is 0 Å². The van der Waals surface area contributed by atoms with Gasteiger partial charge in [-0.15, -0.1) is 0 Å². The molecule has 2 rings (SSSR count). The average molecular weight is 249 g/mol. The molecule has 1 amide bonds. The summed E-state index contributed by atoms with van der Waals surface area (Å²) in [5, 5.41) is 0. The minimum absolute atomic E-state index is 0.170. The van der Waals surface area contributed by atoms with Crippen molar-refractivity contribution in [2.75, 3.05) is 19.6 Å². The lowest BCUT2D eigenvalue weighted by molar-refractivity contribution is 0.0658. The molecule has 1 aliphatic rings. The van der Waals surface area contributed by atoms with Crippen molar-refractivity contribution in [2.24, 2.45) is 11.7 Å². The highest BCUT2D eigenvalue weighted by atomic mass is 16.2. The summed E-state index contributed by atoms with van der Waals surface area (Å²) < 4.78 is 2.01. The van der Waals surface area contributed by atoms with Crippen LogP contribution in [-0.4, -0.2) is 35.0 Å². The third-order valence-electron chi connectivity index (χ3n) is 3.77. The van der Waals surface area contributed by atoms with E-state index in [4.69, 9.17) is 5.73 Å². The predicted molar refractivity (Wildman–Crippen MR) is 72.4 cm³/mol. The van der Waals surface area contributed by atoms with Gasteiger partial charge >= 0.3 is 0 Å². The van der Waals surface area contributed by atoms with Crippen LogP contribution in [0.3, 0.4) is 0 Å². The van der Waals surface area contributed by atoms with Crippen molar-refractivity contribution >= 4 is 5.91 Å². The summed E-state index contributed by atoms with van der Waals surface area (Å²) in [5.41, 5.74) is 6.42. The minimum Gasteiger partial charge on any atom is -0.344 e. The largest absolute Gasteiger partial charge is 0.344 e. The smallest absolute Gasteiger partial charge is 0.270 e. The Hall–Kier alpha value is -1.29. The van der Waals surface area contributed by atoms with Crippen LogP contribution in [0.2, 0.25) is 0 Å². The summed E-state index contributed by atoms with van der Waals surface area (Å²) in [6, 6.07) is 3.86. The molecular formula is C14H23N3O. The van der Waals surface area contributed by atoms with Gasteiger partial charge in [0.2, 0.25) is 0 Å². The maximum atomic E-state index is 12.5. The summed E-state index contributed by atoms with van der Waals surface area (Å²) in [6.45, 7) is 5.37. The summed E-state index contributed by atoms with van der Waals surface area (Å²) in [6.07, 6.45) is 5.30. The minimum atomic E-state index is 0.170. The molecule has 4 nitrogen and oxygen atoms in total. The van der Waals surface area contributed by atoms with E-state index in [0.717, 1.165) is 44.7 Å². The molecule has 1 fully saturated rings. The number of aromatic nitrogens is 1. The fourth-order valence-corrected chi connectivity index (χ4v) is 2.77. The van der Waals surface area contributed by atoms with Crippen molar-refractivity contribution in [3.63, 3.8) is 0 Å². The topological polar surface area (TPSA) is 51.3 Å². The van der Waals surface area contributed by atoms with E-state index in [1.54, 1.807) is 0 Å². The highest BCUT2D eigenvalue weighted by molar-refractivity contribution is 5.92. The first kappa shape index (κ1) is 13.1. The van der Waals surface area contributed by atoms with Gasteiger partial charge in [-0.05, 0) is 50.8 Å². The highest BCUT2D eigenvalue weighted by Gasteiger charge is 2.25. The standard InChI is InChI=1S/C14H23N3O/c1-2-16-9-4-6-13(16)14(18)17-10-3-5-12(11-17)7-8-15/h4,6,9,12H,2-3,5,7-8,10-11,15H2,1H3. The first-order valence-corrected chi connectivity index (χ1v) is 6.90. The fourth-order valence-electron chi connectivity index (χ4n) is 2.77. The van der Waals surface area contributed by atoms with Crippen molar-refractivity contribution in [3.8, 4) is 0 Å². The monoisotopic (exact) mass is 249 g/mol. The van der Waals surface area contributed by atoms with Gasteiger partial charge in [-0.2, -0.15) is 0 Å². The van der Waals surface area contributed by atoms with Gasteiger partial charge in [0.05, 0.1) is 0 Å². The number of hydrogen-bond acceptors (Lipinski definition) is 2. The lowest BCUT2D eigenvalue weighted by Crippen LogP contribution is -2.41. The van der Waals surface area contributed by atoms with Crippen LogP contribution < -0.4 is 5.73 Å². The number of piperidine rings is 1. The third-order valence-corrected chi connectivity index (χ3v) is 3.77. The van der Waals surface area contributed by atoms with E-state index in [2.05, 4.69) is 6.92 Å². The van der Waals surface area contributed by atoms with Crippen molar-refractivity contribution in [2.45, 2.75) is 32.7 Å². The van der Waals surface area contributed by atoms with Gasteiger partial charge < -0.3 is 15.2 Å². The summed E-state index contributed by atoms with van der Waals surface area (Å²) in [5.74, 6) is 0.751. The molecule has 1 unspecified atom stereocenters. The van der Waals surface area contributed by atoms with Gasteiger partial charge in [-0.3, -0.25) is 4.79 Å². The van der Waals surface area contributed by atoms with E-state index in [9.17, 15) is 4.79 Å². The number of rotatable bonds is 4. The Morgan fingerprint density at radius 3 is 3.11 bits per heavy atom. The number of carbonyl (C=O) groups excluding carboxylic acids is 1. The van der Waals surface area contributed by atoms with Crippen LogP contribution in [0.5, 0.6) is 0 Å². The summed E-state index contributed by atoms with van der Waals surface area (Å²) >= 11 is 0. The van der Waals surface area contributed by atoms with Crippen LogP contribution in [0.15, 0.2) is 18.3 Å². The average Bonchev–Trinajstić information content (AvgIpc) is 2.87. The fraction of sp³-hybridized carbons (Fsp3) is 0.643. The maximum Gasteiger partial charge on any atom is 0.270 e. The second-order valence-electron chi connectivity index (χ2n) is 5.02. The van der Waals surface area contributed by atoms with Crippen LogP contribution >= 0.6 is 0 Å². The number of hydrogen-bond donors (Lipinski definition) is 1. The van der Waals surface area contributed by atoms with Gasteiger partial charge in [0.25, 0.3) is 5.91 Å². The van der Waals surface area contributed by atoms with Gasteiger partial charge in [0.15, 0.2) is 0 Å². The van der Waals surface area contributed by atoms with E-state index in [1.165, 1.54) is 6.42 Å². The number of amides is 1. The van der Waals surface area contributed by atoms with Crippen molar-refractivity contribution in [1.82, 2.24) is 9.47 Å². The molecule has 2 heterocycles. The molecule has 1 aromatic rings. The molecule has 4 heteroatoms. The molecule has 1 atom stereocenters. The van der Waals surface area contributed by atoms with E-state index >= 15 is 0 Å². The normalized spacial score (nSPS) is 20.1. The maximum absolute atomic E-state index is 12.5. The zero-order valence-corrected chi connectivity index (χ0v) is 11.1. The van der Waals surface area contributed by atoms with Crippen molar-refractivity contribution in [3.05, 3.63) is 24.0 Å². The Morgan fingerprint density at radius 2 is 2.39 bits per heavy atom. The van der Waals surface area contributed by atoms with E-state index in [0.29, 0.717) is 5.92 Å². The zero-order chi connectivity index (χ0) is 13.0. The summed E-state index contributed by atoms with van der Waals surface area (Å²) in [7, 11) is 0. The Bertz CT molecular complexity index is 397. The molecule has 0 aliphatic carbocycles. The van der Waals surface area contributed by atoms with E-state index in [-0.39, 0.29) is 5.91 Å². The van der Waals surface area contributed by atoms with Crippen LogP contribution in [-0.2, 0) is 6.54 Å². The SMILES string of the molecule is CCn1cccc1C(=O)N1CCCC(CCN)C1. The zero-order valence-electron chi connectivity index (χ0n) is 11.1. The van der Waals surface area contributed by atoms with Gasteiger partial charge in [-0.1, -0.05) is 0 Å². The number of aryl methyl sites for hydroxylation is 1. The first-order valence-electron chi connectivity index (χ1n) is 6.90. The molecular weight excluding hydrogens is 226 g/mol. The van der Waals surface area contributed by atoms with Crippen LogP contribution in [0, 0.1) is 5.92 Å². The van der Waals surface area contributed by atoms with Crippen molar-refractivity contribution < 1.29 is 4.79 Å². The first-order chi connectivity index (χ1) is 8.76. The molecule has 0 aromatic carbocycles. The number of carbonyl (C=O) groups is 1. The molecule has 1 aromatic heterocycles. The molecule has 0 saturated carbocycles. The Morgan fingerprint density at radius 1 is 1.56 bits per heavy atom. The quantitative estimate of drug-likeness (QED) is 0.883. The molecule has 18 heavy (non-hydrogen) atoms. The van der Waals surface area contributed by atoms with Gasteiger partial charge in [0, 0.05) is 25.8 Å². The molecule has 1 saturated heterocycles. The molecule has 0 spiro atoms. The third kappa shape index (κ3) is 2.75. The highest BCUT2D eigenvalue weighted by Crippen LogP contribution is 2.20. The Kier molecular flexibility index (Phi) is 4.42. The van der Waals surface area contributed by atoms with Crippen LogP contribution in [0.1, 0.15) is 36.7 Å². The molecule has 2 N–H and O–H groups in total. The second kappa shape index (κ2) is 6.05. The summed E-state index contributed by atoms with van der Waals surface area (Å²) in [4.78, 5) is 14.5. The Labute approximate surface area is 109 Å². The Balaban J connectivity index is 2.04. The predicted octanol–water partition coefficient (Wildman–Crippen LogP) is 1.71. The lowest BCUT2D eigenvalue weighted by Gasteiger charge is -2.32. The van der Waals surface area contributed by atoms with Gasteiger partial charge in [-0.25, -0.2) is 0 Å².